The van der Waals surface area contributed by atoms with Crippen LogP contribution in [0.4, 0.5) is 0 Å². The highest BCUT2D eigenvalue weighted by atomic mass is 32.2. The maximum absolute atomic E-state index is 12.5. The van der Waals surface area contributed by atoms with Crippen LogP contribution < -0.4 is 5.32 Å². The van der Waals surface area contributed by atoms with Gasteiger partial charge in [0, 0.05) is 31.5 Å². The molecule has 1 aliphatic rings. The van der Waals surface area contributed by atoms with Gasteiger partial charge in [0.05, 0.1) is 6.26 Å². The standard InChI is InChI=1S/C15H25N3O3S/c1-3-6-14(17-9-4-5-10-17)15(19)16-13-7-11-18(12-8-13)22(2,20)21/h4-5,9-10,13-14H,3,6-8,11-12H2,1-2H3,(H,16,19). The second-order valence-electron chi connectivity index (χ2n) is 5.88. The zero-order chi connectivity index (χ0) is 16.2. The number of nitrogens with zero attached hydrogens (tertiary/aromatic N) is 2. The van der Waals surface area contributed by atoms with Crippen LogP contribution in [0, 0.1) is 0 Å². The van der Waals surface area contributed by atoms with Crippen molar-refractivity contribution in [1.82, 2.24) is 14.2 Å². The maximum atomic E-state index is 12.5. The molecule has 1 aliphatic heterocycles. The van der Waals surface area contributed by atoms with Gasteiger partial charge in [0.15, 0.2) is 0 Å². The molecule has 1 aromatic rings. The molecule has 6 nitrogen and oxygen atoms in total. The summed E-state index contributed by atoms with van der Waals surface area (Å²) in [7, 11) is -3.12. The molecule has 0 aromatic carbocycles. The minimum Gasteiger partial charge on any atom is -0.351 e. The largest absolute Gasteiger partial charge is 0.351 e. The van der Waals surface area contributed by atoms with E-state index in [1.165, 1.54) is 10.6 Å². The number of nitrogens with one attached hydrogen (secondary N) is 1. The molecule has 7 heteroatoms. The second kappa shape index (κ2) is 7.28. The fourth-order valence-electron chi connectivity index (χ4n) is 2.87. The first-order valence-corrected chi connectivity index (χ1v) is 9.64. The van der Waals surface area contributed by atoms with Gasteiger partial charge in [-0.3, -0.25) is 4.79 Å². The topological polar surface area (TPSA) is 71.4 Å². The maximum Gasteiger partial charge on any atom is 0.243 e. The highest BCUT2D eigenvalue weighted by Gasteiger charge is 2.27. The van der Waals surface area contributed by atoms with Gasteiger partial charge in [0.1, 0.15) is 6.04 Å². The van der Waals surface area contributed by atoms with Gasteiger partial charge >= 0.3 is 0 Å². The first kappa shape index (κ1) is 17.0. The van der Waals surface area contributed by atoms with Gasteiger partial charge in [-0.15, -0.1) is 0 Å². The van der Waals surface area contributed by atoms with Crippen molar-refractivity contribution in [1.29, 1.82) is 0 Å². The lowest BCUT2D eigenvalue weighted by atomic mass is 10.1. The molecule has 1 unspecified atom stereocenters. The van der Waals surface area contributed by atoms with E-state index < -0.39 is 10.0 Å². The quantitative estimate of drug-likeness (QED) is 0.858. The molecule has 2 rings (SSSR count). The Morgan fingerprint density at radius 2 is 1.86 bits per heavy atom. The minimum atomic E-state index is -3.12. The molecule has 2 heterocycles. The number of sulfonamides is 1. The molecule has 0 aliphatic carbocycles. The van der Waals surface area contributed by atoms with E-state index in [1.54, 1.807) is 0 Å². The molecular formula is C15H25N3O3S. The van der Waals surface area contributed by atoms with Crippen molar-refractivity contribution in [2.75, 3.05) is 19.3 Å². The minimum absolute atomic E-state index is 0.0239. The van der Waals surface area contributed by atoms with Crippen LogP contribution in [0.25, 0.3) is 0 Å². The average molecular weight is 327 g/mol. The Balaban J connectivity index is 1.92. The molecule has 0 bridgehead atoms. The number of hydrogen-bond donors (Lipinski definition) is 1. The van der Waals surface area contributed by atoms with Crippen LogP contribution in [0.3, 0.4) is 0 Å². The van der Waals surface area contributed by atoms with E-state index in [-0.39, 0.29) is 18.0 Å². The molecule has 0 spiro atoms. The van der Waals surface area contributed by atoms with Crippen molar-refractivity contribution >= 4 is 15.9 Å². The Labute approximate surface area is 132 Å². The zero-order valence-electron chi connectivity index (χ0n) is 13.2. The van der Waals surface area contributed by atoms with Crippen molar-refractivity contribution in [3.8, 4) is 0 Å². The third-order valence-corrected chi connectivity index (χ3v) is 5.42. The number of amides is 1. The number of carbonyl (C=O) groups is 1. The number of piperidine rings is 1. The summed E-state index contributed by atoms with van der Waals surface area (Å²) in [4.78, 5) is 12.5. The molecule has 1 atom stereocenters. The van der Waals surface area contributed by atoms with E-state index in [0.717, 1.165) is 12.8 Å². The van der Waals surface area contributed by atoms with Gasteiger partial charge in [-0.25, -0.2) is 12.7 Å². The smallest absolute Gasteiger partial charge is 0.243 e. The molecule has 0 radical (unpaired) electrons. The summed E-state index contributed by atoms with van der Waals surface area (Å²) in [6.07, 6.45) is 8.12. The third kappa shape index (κ3) is 4.33. The number of carbonyl (C=O) groups excluding carboxylic acids is 1. The normalized spacial score (nSPS) is 19.0. The van der Waals surface area contributed by atoms with Crippen LogP contribution in [0.15, 0.2) is 24.5 Å². The number of rotatable bonds is 6. The molecular weight excluding hydrogens is 302 g/mol. The van der Waals surface area contributed by atoms with Crippen molar-refractivity contribution in [3.05, 3.63) is 24.5 Å². The van der Waals surface area contributed by atoms with Crippen molar-refractivity contribution in [2.24, 2.45) is 0 Å². The molecule has 124 valence electrons. The van der Waals surface area contributed by atoms with Gasteiger partial charge in [-0.1, -0.05) is 13.3 Å². The molecule has 1 fully saturated rings. The predicted molar refractivity (Wildman–Crippen MR) is 86.0 cm³/mol. The van der Waals surface area contributed by atoms with Crippen LogP contribution in [0.5, 0.6) is 0 Å². The van der Waals surface area contributed by atoms with Crippen LogP contribution in [0.1, 0.15) is 38.6 Å². The molecule has 1 amide bonds. The van der Waals surface area contributed by atoms with Gasteiger partial charge in [-0.05, 0) is 31.4 Å². The lowest BCUT2D eigenvalue weighted by Gasteiger charge is -2.31. The summed E-state index contributed by atoms with van der Waals surface area (Å²) in [5.41, 5.74) is 0. The number of aromatic nitrogens is 1. The highest BCUT2D eigenvalue weighted by Crippen LogP contribution is 2.17. The van der Waals surface area contributed by atoms with Crippen LogP contribution in [0.2, 0.25) is 0 Å². The molecule has 22 heavy (non-hydrogen) atoms. The third-order valence-electron chi connectivity index (χ3n) is 4.12. The van der Waals surface area contributed by atoms with Gasteiger partial charge in [-0.2, -0.15) is 0 Å². The van der Waals surface area contributed by atoms with Gasteiger partial charge in [0.2, 0.25) is 15.9 Å². The Morgan fingerprint density at radius 1 is 1.27 bits per heavy atom. The molecule has 1 aromatic heterocycles. The van der Waals surface area contributed by atoms with E-state index in [2.05, 4.69) is 12.2 Å². The Hall–Kier alpha value is -1.34. The van der Waals surface area contributed by atoms with Gasteiger partial charge < -0.3 is 9.88 Å². The summed E-state index contributed by atoms with van der Waals surface area (Å²) in [6, 6.07) is 3.70. The zero-order valence-corrected chi connectivity index (χ0v) is 14.1. The lowest BCUT2D eigenvalue weighted by Crippen LogP contribution is -2.47. The van der Waals surface area contributed by atoms with Crippen LogP contribution in [-0.2, 0) is 14.8 Å². The lowest BCUT2D eigenvalue weighted by molar-refractivity contribution is -0.125. The highest BCUT2D eigenvalue weighted by molar-refractivity contribution is 7.88. The van der Waals surface area contributed by atoms with Crippen molar-refractivity contribution in [2.45, 2.75) is 44.7 Å². The second-order valence-corrected chi connectivity index (χ2v) is 7.86. The van der Waals surface area contributed by atoms with Crippen LogP contribution >= 0.6 is 0 Å². The fraction of sp³-hybridized carbons (Fsp3) is 0.667. The first-order chi connectivity index (χ1) is 10.4. The Kier molecular flexibility index (Phi) is 5.63. The molecule has 0 saturated carbocycles. The van der Waals surface area contributed by atoms with E-state index >= 15 is 0 Å². The van der Waals surface area contributed by atoms with E-state index in [4.69, 9.17) is 0 Å². The summed E-state index contributed by atoms with van der Waals surface area (Å²) in [5, 5.41) is 3.08. The monoisotopic (exact) mass is 327 g/mol. The fourth-order valence-corrected chi connectivity index (χ4v) is 3.75. The number of hydrogen-bond acceptors (Lipinski definition) is 3. The predicted octanol–water partition coefficient (Wildman–Crippen LogP) is 1.37. The van der Waals surface area contributed by atoms with Crippen LogP contribution in [-0.4, -0.2) is 48.6 Å². The van der Waals surface area contributed by atoms with Gasteiger partial charge in [0.25, 0.3) is 0 Å². The van der Waals surface area contributed by atoms with E-state index in [0.29, 0.717) is 25.9 Å². The van der Waals surface area contributed by atoms with Crippen molar-refractivity contribution < 1.29 is 13.2 Å². The van der Waals surface area contributed by atoms with Crippen molar-refractivity contribution in [3.63, 3.8) is 0 Å². The molecule has 1 saturated heterocycles. The summed E-state index contributed by atoms with van der Waals surface area (Å²) >= 11 is 0. The average Bonchev–Trinajstić information content (AvgIpc) is 2.98. The Morgan fingerprint density at radius 3 is 2.36 bits per heavy atom. The van der Waals surface area contributed by atoms with E-state index in [1.807, 2.05) is 29.1 Å². The first-order valence-electron chi connectivity index (χ1n) is 7.79. The summed E-state index contributed by atoms with van der Waals surface area (Å²) in [6.45, 7) is 3.02. The summed E-state index contributed by atoms with van der Waals surface area (Å²) < 4.78 is 26.4. The molecule has 1 N–H and O–H groups in total. The Bertz CT molecular complexity index is 575. The summed E-state index contributed by atoms with van der Waals surface area (Å²) in [5.74, 6) is 0.0239. The SMILES string of the molecule is CCCC(C(=O)NC1CCN(S(C)(=O)=O)CC1)n1cccc1. The van der Waals surface area contributed by atoms with E-state index in [9.17, 15) is 13.2 Å².